The average Bonchev–Trinajstić information content (AvgIpc) is 3.12. The number of carbonyl (C=O) groups excluding carboxylic acids is 3. The van der Waals surface area contributed by atoms with E-state index in [1.54, 1.807) is 26.1 Å². The highest BCUT2D eigenvalue weighted by atomic mass is 19.1. The molecule has 0 bridgehead atoms. The summed E-state index contributed by atoms with van der Waals surface area (Å²) in [5.74, 6) is -0.0710. The molecular weight excluding hydrogens is 353 g/mol. The Morgan fingerprint density at radius 1 is 1.22 bits per heavy atom. The second kappa shape index (κ2) is 6.86. The highest BCUT2D eigenvalue weighted by molar-refractivity contribution is 6.09. The molecule has 1 unspecified atom stereocenters. The lowest BCUT2D eigenvalue weighted by Gasteiger charge is -2.23. The van der Waals surface area contributed by atoms with Gasteiger partial charge in [0.15, 0.2) is 0 Å². The van der Waals surface area contributed by atoms with Gasteiger partial charge in [-0.1, -0.05) is 12.1 Å². The fraction of sp³-hybridized carbons (Fsp3) is 0.316. The molecule has 0 saturated carbocycles. The Hall–Kier alpha value is -3.16. The lowest BCUT2D eigenvalue weighted by atomic mass is 9.92. The first-order valence-electron chi connectivity index (χ1n) is 8.40. The maximum absolute atomic E-state index is 13.1. The van der Waals surface area contributed by atoms with Gasteiger partial charge in [0, 0.05) is 7.05 Å². The summed E-state index contributed by atoms with van der Waals surface area (Å²) in [4.78, 5) is 39.8. The molecule has 3 rings (SSSR count). The molecule has 7 nitrogen and oxygen atoms in total. The molecule has 1 atom stereocenters. The number of aryl methyl sites for hydroxylation is 1. The van der Waals surface area contributed by atoms with Gasteiger partial charge in [-0.3, -0.25) is 14.5 Å². The zero-order chi connectivity index (χ0) is 19.8. The first-order chi connectivity index (χ1) is 12.7. The van der Waals surface area contributed by atoms with Crippen molar-refractivity contribution in [2.24, 2.45) is 0 Å². The molecule has 27 heavy (non-hydrogen) atoms. The molecule has 142 valence electrons. The number of hydrogen-bond acceptors (Lipinski definition) is 4. The number of likely N-dealkylation sites (N-methyl/N-ethyl adjacent to an activating group) is 1. The van der Waals surface area contributed by atoms with Crippen LogP contribution in [0.3, 0.4) is 0 Å². The Morgan fingerprint density at radius 2 is 1.89 bits per heavy atom. The van der Waals surface area contributed by atoms with Gasteiger partial charge in [0.05, 0.1) is 6.54 Å². The summed E-state index contributed by atoms with van der Waals surface area (Å²) in [6.45, 7) is 3.17. The molecular formula is C19H20FN3O4. The van der Waals surface area contributed by atoms with Crippen molar-refractivity contribution in [3.05, 3.63) is 59.3 Å². The molecule has 0 spiro atoms. The van der Waals surface area contributed by atoms with Gasteiger partial charge in [0.1, 0.15) is 29.4 Å². The SMILES string of the molecule is Cc1ccc(CN(C)C(=O)CN2C(=O)NC(C)(c3ccc(F)cc3)C2=O)o1. The van der Waals surface area contributed by atoms with Crippen LogP contribution in [-0.2, 0) is 21.7 Å². The van der Waals surface area contributed by atoms with Crippen molar-refractivity contribution in [1.29, 1.82) is 0 Å². The largest absolute Gasteiger partial charge is 0.464 e. The predicted molar refractivity (Wildman–Crippen MR) is 93.9 cm³/mol. The molecule has 0 radical (unpaired) electrons. The van der Waals surface area contributed by atoms with Gasteiger partial charge in [0.25, 0.3) is 5.91 Å². The Morgan fingerprint density at radius 3 is 2.48 bits per heavy atom. The van der Waals surface area contributed by atoms with Crippen LogP contribution in [0.2, 0.25) is 0 Å². The summed E-state index contributed by atoms with van der Waals surface area (Å²) in [5.41, 5.74) is -0.904. The Kier molecular flexibility index (Phi) is 4.73. The first kappa shape index (κ1) is 18.6. The van der Waals surface area contributed by atoms with E-state index in [9.17, 15) is 18.8 Å². The van der Waals surface area contributed by atoms with Crippen molar-refractivity contribution < 1.29 is 23.2 Å². The van der Waals surface area contributed by atoms with Crippen molar-refractivity contribution in [2.45, 2.75) is 25.9 Å². The molecule has 1 saturated heterocycles. The number of nitrogens with one attached hydrogen (secondary N) is 1. The topological polar surface area (TPSA) is 82.9 Å². The Bertz CT molecular complexity index is 893. The summed E-state index contributed by atoms with van der Waals surface area (Å²) in [6.07, 6.45) is 0. The second-order valence-corrected chi connectivity index (χ2v) is 6.72. The van der Waals surface area contributed by atoms with Gasteiger partial charge in [-0.15, -0.1) is 0 Å². The van der Waals surface area contributed by atoms with E-state index in [0.29, 0.717) is 11.3 Å². The van der Waals surface area contributed by atoms with Gasteiger partial charge in [0.2, 0.25) is 5.91 Å². The number of hydrogen-bond donors (Lipinski definition) is 1. The number of urea groups is 1. The molecule has 8 heteroatoms. The number of imide groups is 1. The fourth-order valence-electron chi connectivity index (χ4n) is 2.97. The molecule has 1 fully saturated rings. The van der Waals surface area contributed by atoms with Crippen LogP contribution in [0, 0.1) is 12.7 Å². The monoisotopic (exact) mass is 373 g/mol. The van der Waals surface area contributed by atoms with Gasteiger partial charge < -0.3 is 14.6 Å². The van der Waals surface area contributed by atoms with E-state index in [4.69, 9.17) is 4.42 Å². The van der Waals surface area contributed by atoms with Crippen LogP contribution in [-0.4, -0.2) is 41.2 Å². The van der Waals surface area contributed by atoms with E-state index in [1.165, 1.54) is 36.1 Å². The molecule has 0 aliphatic carbocycles. The smallest absolute Gasteiger partial charge is 0.325 e. The number of amides is 4. The van der Waals surface area contributed by atoms with Crippen LogP contribution >= 0.6 is 0 Å². The number of rotatable bonds is 5. The van der Waals surface area contributed by atoms with Crippen molar-refractivity contribution >= 4 is 17.8 Å². The maximum atomic E-state index is 13.1. The zero-order valence-corrected chi connectivity index (χ0v) is 15.3. The normalized spacial score (nSPS) is 19.3. The standard InChI is InChI=1S/C19H20FN3O4/c1-12-4-9-15(27-12)10-22(3)16(24)11-23-17(25)19(2,21-18(23)26)13-5-7-14(20)8-6-13/h4-9H,10-11H2,1-3H3,(H,21,26). The third kappa shape index (κ3) is 3.55. The zero-order valence-electron chi connectivity index (χ0n) is 15.3. The molecule has 2 heterocycles. The van der Waals surface area contributed by atoms with E-state index in [-0.39, 0.29) is 6.54 Å². The van der Waals surface area contributed by atoms with Crippen LogP contribution < -0.4 is 5.32 Å². The van der Waals surface area contributed by atoms with Crippen LogP contribution in [0.1, 0.15) is 24.0 Å². The number of nitrogens with zero attached hydrogens (tertiary/aromatic N) is 2. The summed E-state index contributed by atoms with van der Waals surface area (Å²) < 4.78 is 18.6. The Labute approximate surface area is 155 Å². The lowest BCUT2D eigenvalue weighted by molar-refractivity contribution is -0.138. The second-order valence-electron chi connectivity index (χ2n) is 6.72. The maximum Gasteiger partial charge on any atom is 0.325 e. The highest BCUT2D eigenvalue weighted by Gasteiger charge is 2.49. The molecule has 1 aromatic heterocycles. The minimum atomic E-state index is -1.35. The average molecular weight is 373 g/mol. The third-order valence-corrected chi connectivity index (χ3v) is 4.60. The molecule has 1 N–H and O–H groups in total. The van der Waals surface area contributed by atoms with Crippen LogP contribution in [0.4, 0.5) is 9.18 Å². The van der Waals surface area contributed by atoms with Gasteiger partial charge in [-0.05, 0) is 43.7 Å². The lowest BCUT2D eigenvalue weighted by Crippen LogP contribution is -2.43. The highest BCUT2D eigenvalue weighted by Crippen LogP contribution is 2.29. The number of carbonyl (C=O) groups is 3. The number of furan rings is 1. The Balaban J connectivity index is 1.71. The quantitative estimate of drug-likeness (QED) is 0.814. The fourth-order valence-corrected chi connectivity index (χ4v) is 2.97. The summed E-state index contributed by atoms with van der Waals surface area (Å²) >= 11 is 0. The van der Waals surface area contributed by atoms with E-state index in [1.807, 2.05) is 0 Å². The van der Waals surface area contributed by atoms with Gasteiger partial charge in [-0.25, -0.2) is 9.18 Å². The predicted octanol–water partition coefficient (Wildman–Crippen LogP) is 2.15. The molecule has 1 aliphatic rings. The summed E-state index contributed by atoms with van der Waals surface area (Å²) in [7, 11) is 1.57. The minimum Gasteiger partial charge on any atom is -0.464 e. The molecule has 1 aliphatic heterocycles. The van der Waals surface area contributed by atoms with Crippen molar-refractivity contribution in [3.8, 4) is 0 Å². The number of benzene rings is 1. The molecule has 4 amide bonds. The van der Waals surface area contributed by atoms with E-state index < -0.39 is 35.7 Å². The molecule has 1 aromatic carbocycles. The number of halogens is 1. The summed E-state index contributed by atoms with van der Waals surface area (Å²) in [6, 6.07) is 8.19. The van der Waals surface area contributed by atoms with Crippen LogP contribution in [0.25, 0.3) is 0 Å². The van der Waals surface area contributed by atoms with Crippen LogP contribution in [0.5, 0.6) is 0 Å². The van der Waals surface area contributed by atoms with Crippen molar-refractivity contribution in [1.82, 2.24) is 15.1 Å². The van der Waals surface area contributed by atoms with E-state index in [2.05, 4.69) is 5.32 Å². The third-order valence-electron chi connectivity index (χ3n) is 4.60. The van der Waals surface area contributed by atoms with Gasteiger partial charge >= 0.3 is 6.03 Å². The van der Waals surface area contributed by atoms with Crippen LogP contribution in [0.15, 0.2) is 40.8 Å². The first-order valence-corrected chi connectivity index (χ1v) is 8.40. The molecule has 2 aromatic rings. The van der Waals surface area contributed by atoms with Crippen molar-refractivity contribution in [3.63, 3.8) is 0 Å². The van der Waals surface area contributed by atoms with Gasteiger partial charge in [-0.2, -0.15) is 0 Å². The van der Waals surface area contributed by atoms with E-state index in [0.717, 1.165) is 10.7 Å². The minimum absolute atomic E-state index is 0.228. The van der Waals surface area contributed by atoms with E-state index >= 15 is 0 Å². The van der Waals surface area contributed by atoms with Crippen molar-refractivity contribution in [2.75, 3.05) is 13.6 Å². The summed E-state index contributed by atoms with van der Waals surface area (Å²) in [5, 5.41) is 2.59.